The van der Waals surface area contributed by atoms with Crippen LogP contribution in [-0.2, 0) is 21.4 Å². The van der Waals surface area contributed by atoms with Gasteiger partial charge in [0, 0.05) is 11.6 Å². The summed E-state index contributed by atoms with van der Waals surface area (Å²) in [4.78, 5) is 12.8. The molecule has 0 spiro atoms. The zero-order valence-electron chi connectivity index (χ0n) is 16.8. The molecule has 1 N–H and O–H groups in total. The number of halogens is 1. The highest BCUT2D eigenvalue weighted by molar-refractivity contribution is 7.92. The second-order valence-electron chi connectivity index (χ2n) is 7.02. The number of hydrogen-bond acceptors (Lipinski definition) is 3. The number of hydrogen-bond donors (Lipinski definition) is 1. The monoisotopic (exact) mass is 442 g/mol. The Morgan fingerprint density at radius 3 is 2.30 bits per heavy atom. The lowest BCUT2D eigenvalue weighted by molar-refractivity contribution is -0.119. The molecular weight excluding hydrogens is 420 g/mol. The van der Waals surface area contributed by atoms with Crippen molar-refractivity contribution in [2.45, 2.75) is 25.3 Å². The van der Waals surface area contributed by atoms with Crippen molar-refractivity contribution < 1.29 is 13.2 Å². The lowest BCUT2D eigenvalue weighted by atomic mass is 10.1. The molecule has 0 radical (unpaired) electrons. The fourth-order valence-corrected chi connectivity index (χ4v) is 4.63. The first-order valence-corrected chi connectivity index (χ1v) is 11.3. The van der Waals surface area contributed by atoms with E-state index in [1.165, 1.54) is 12.1 Å². The van der Waals surface area contributed by atoms with Crippen LogP contribution in [-0.4, -0.2) is 20.9 Å². The summed E-state index contributed by atoms with van der Waals surface area (Å²) in [6, 6.07) is 20.8. The number of amides is 1. The van der Waals surface area contributed by atoms with Crippen LogP contribution in [0.5, 0.6) is 0 Å². The lowest BCUT2D eigenvalue weighted by Crippen LogP contribution is -2.41. The minimum atomic E-state index is -3.96. The summed E-state index contributed by atoms with van der Waals surface area (Å²) in [5.74, 6) is -0.408. The zero-order valence-corrected chi connectivity index (χ0v) is 18.4. The number of benzene rings is 3. The van der Waals surface area contributed by atoms with Gasteiger partial charge in [0.05, 0.1) is 10.6 Å². The highest BCUT2D eigenvalue weighted by atomic mass is 35.5. The van der Waals surface area contributed by atoms with E-state index in [1.807, 2.05) is 31.2 Å². The van der Waals surface area contributed by atoms with Crippen LogP contribution >= 0.6 is 11.6 Å². The molecular formula is C23H23ClN2O3S. The van der Waals surface area contributed by atoms with Gasteiger partial charge in [-0.3, -0.25) is 9.10 Å². The minimum absolute atomic E-state index is 0.107. The van der Waals surface area contributed by atoms with E-state index in [1.54, 1.807) is 43.3 Å². The first kappa shape index (κ1) is 21.9. The summed E-state index contributed by atoms with van der Waals surface area (Å²) < 4.78 is 27.8. The van der Waals surface area contributed by atoms with Gasteiger partial charge in [-0.25, -0.2) is 8.42 Å². The number of carbonyl (C=O) groups excluding carboxylic acids is 1. The number of sulfonamides is 1. The van der Waals surface area contributed by atoms with Gasteiger partial charge in [-0.1, -0.05) is 65.7 Å². The summed E-state index contributed by atoms with van der Waals surface area (Å²) >= 11 is 6.13. The SMILES string of the molecule is Cc1ccc(CNC(=O)CN(c2cc(Cl)ccc2C)S(=O)(=O)c2ccccc2)cc1. The van der Waals surface area contributed by atoms with Crippen LogP contribution in [0.25, 0.3) is 0 Å². The summed E-state index contributed by atoms with van der Waals surface area (Å²) in [7, 11) is -3.96. The Labute approximate surface area is 182 Å². The molecule has 0 fully saturated rings. The Balaban J connectivity index is 1.89. The van der Waals surface area contributed by atoms with E-state index in [2.05, 4.69) is 5.32 Å². The Hall–Kier alpha value is -2.83. The van der Waals surface area contributed by atoms with Crippen LogP contribution in [0, 0.1) is 13.8 Å². The van der Waals surface area contributed by atoms with Crippen molar-refractivity contribution in [2.75, 3.05) is 10.8 Å². The Kier molecular flexibility index (Phi) is 6.80. The van der Waals surface area contributed by atoms with E-state index in [0.717, 1.165) is 15.4 Å². The first-order chi connectivity index (χ1) is 14.3. The number of nitrogens with zero attached hydrogens (tertiary/aromatic N) is 1. The average Bonchev–Trinajstić information content (AvgIpc) is 2.74. The van der Waals surface area contributed by atoms with Gasteiger partial charge in [0.2, 0.25) is 5.91 Å². The predicted molar refractivity (Wildman–Crippen MR) is 120 cm³/mol. The van der Waals surface area contributed by atoms with Crippen molar-refractivity contribution in [3.05, 3.63) is 94.5 Å². The third kappa shape index (κ3) is 5.20. The van der Waals surface area contributed by atoms with E-state index < -0.39 is 15.9 Å². The molecule has 0 heterocycles. The van der Waals surface area contributed by atoms with Crippen molar-refractivity contribution in [2.24, 2.45) is 0 Å². The number of anilines is 1. The van der Waals surface area contributed by atoms with Crippen molar-refractivity contribution in [1.82, 2.24) is 5.32 Å². The molecule has 0 saturated heterocycles. The average molecular weight is 443 g/mol. The van der Waals surface area contributed by atoms with Gasteiger partial charge in [0.1, 0.15) is 6.54 Å². The van der Waals surface area contributed by atoms with Gasteiger partial charge in [-0.15, -0.1) is 0 Å². The molecule has 3 aromatic carbocycles. The van der Waals surface area contributed by atoms with Gasteiger partial charge in [0.15, 0.2) is 0 Å². The molecule has 30 heavy (non-hydrogen) atoms. The normalized spacial score (nSPS) is 11.2. The fourth-order valence-electron chi connectivity index (χ4n) is 2.96. The molecule has 0 aliphatic heterocycles. The van der Waals surface area contributed by atoms with Crippen molar-refractivity contribution >= 4 is 33.2 Å². The Morgan fingerprint density at radius 2 is 1.63 bits per heavy atom. The van der Waals surface area contributed by atoms with Crippen LogP contribution < -0.4 is 9.62 Å². The van der Waals surface area contributed by atoms with E-state index in [4.69, 9.17) is 11.6 Å². The molecule has 156 valence electrons. The maximum Gasteiger partial charge on any atom is 0.264 e. The Morgan fingerprint density at radius 1 is 0.967 bits per heavy atom. The second-order valence-corrected chi connectivity index (χ2v) is 9.32. The van der Waals surface area contributed by atoms with E-state index in [9.17, 15) is 13.2 Å². The number of rotatable bonds is 7. The quantitative estimate of drug-likeness (QED) is 0.587. The minimum Gasteiger partial charge on any atom is -0.350 e. The molecule has 7 heteroatoms. The zero-order chi connectivity index (χ0) is 21.7. The lowest BCUT2D eigenvalue weighted by Gasteiger charge is -2.26. The molecule has 3 rings (SSSR count). The fraction of sp³-hybridized carbons (Fsp3) is 0.174. The van der Waals surface area contributed by atoms with Crippen LogP contribution in [0.15, 0.2) is 77.7 Å². The molecule has 0 bridgehead atoms. The standard InChI is InChI=1S/C23H23ClN2O3S/c1-17-8-11-19(12-9-17)15-25-23(27)16-26(22-14-20(24)13-10-18(22)2)30(28,29)21-6-4-3-5-7-21/h3-14H,15-16H2,1-2H3,(H,25,27). The maximum absolute atomic E-state index is 13.3. The van der Waals surface area contributed by atoms with Crippen LogP contribution in [0.2, 0.25) is 5.02 Å². The van der Waals surface area contributed by atoms with Crippen LogP contribution in [0.3, 0.4) is 0 Å². The molecule has 3 aromatic rings. The van der Waals surface area contributed by atoms with Gasteiger partial charge < -0.3 is 5.32 Å². The summed E-state index contributed by atoms with van der Waals surface area (Å²) in [5, 5.41) is 3.19. The van der Waals surface area contributed by atoms with Crippen LogP contribution in [0.1, 0.15) is 16.7 Å². The van der Waals surface area contributed by atoms with E-state index in [0.29, 0.717) is 22.8 Å². The summed E-state index contributed by atoms with van der Waals surface area (Å²) in [6.45, 7) is 3.72. The molecule has 0 saturated carbocycles. The Bertz CT molecular complexity index is 1130. The van der Waals surface area contributed by atoms with E-state index >= 15 is 0 Å². The number of aryl methyl sites for hydroxylation is 2. The number of carbonyl (C=O) groups is 1. The highest BCUT2D eigenvalue weighted by Gasteiger charge is 2.28. The van der Waals surface area contributed by atoms with Gasteiger partial charge in [-0.2, -0.15) is 0 Å². The summed E-state index contributed by atoms with van der Waals surface area (Å²) in [5.41, 5.74) is 3.13. The van der Waals surface area contributed by atoms with Crippen molar-refractivity contribution in [3.63, 3.8) is 0 Å². The third-order valence-corrected chi connectivity index (χ3v) is 6.68. The molecule has 0 atom stereocenters. The van der Waals surface area contributed by atoms with Crippen molar-refractivity contribution in [1.29, 1.82) is 0 Å². The van der Waals surface area contributed by atoms with Gasteiger partial charge >= 0.3 is 0 Å². The molecule has 0 unspecified atom stereocenters. The highest BCUT2D eigenvalue weighted by Crippen LogP contribution is 2.29. The van der Waals surface area contributed by atoms with E-state index in [-0.39, 0.29) is 11.4 Å². The van der Waals surface area contributed by atoms with Gasteiger partial charge in [-0.05, 0) is 49.2 Å². The molecule has 0 aliphatic carbocycles. The van der Waals surface area contributed by atoms with Gasteiger partial charge in [0.25, 0.3) is 10.0 Å². The molecule has 0 aromatic heterocycles. The first-order valence-electron chi connectivity index (χ1n) is 9.43. The maximum atomic E-state index is 13.3. The topological polar surface area (TPSA) is 66.5 Å². The third-order valence-electron chi connectivity index (χ3n) is 4.67. The van der Waals surface area contributed by atoms with Crippen molar-refractivity contribution in [3.8, 4) is 0 Å². The molecule has 1 amide bonds. The predicted octanol–water partition coefficient (Wildman–Crippen LogP) is 4.47. The second kappa shape index (κ2) is 9.32. The largest absolute Gasteiger partial charge is 0.350 e. The molecule has 5 nitrogen and oxygen atoms in total. The van der Waals surface area contributed by atoms with Crippen LogP contribution in [0.4, 0.5) is 5.69 Å². The molecule has 0 aliphatic rings. The number of nitrogens with one attached hydrogen (secondary N) is 1. The summed E-state index contributed by atoms with van der Waals surface area (Å²) in [6.07, 6.45) is 0. The smallest absolute Gasteiger partial charge is 0.264 e.